The molecule has 0 bridgehead atoms. The number of methoxy groups -OCH3 is 1. The Kier molecular flexibility index (Phi) is 10.1. The zero-order valence-electron chi connectivity index (χ0n) is 21.3. The lowest BCUT2D eigenvalue weighted by Gasteiger charge is -2.40. The molecule has 2 heterocycles. The highest BCUT2D eigenvalue weighted by Crippen LogP contribution is 2.37. The molecular weight excluding hydrogens is 480 g/mol. The van der Waals surface area contributed by atoms with Crippen LogP contribution in [0, 0.1) is 17.8 Å². The van der Waals surface area contributed by atoms with Crippen molar-refractivity contribution in [2.45, 2.75) is 57.1 Å². The first-order valence-electron chi connectivity index (χ1n) is 13.5. The molecular formula is C27H41ClN4O4. The lowest BCUT2D eigenvalue weighted by molar-refractivity contribution is -0.00883. The quantitative estimate of drug-likeness (QED) is 0.443. The Morgan fingerprint density at radius 1 is 1.19 bits per heavy atom. The van der Waals surface area contributed by atoms with Gasteiger partial charge in [-0.25, -0.2) is 9.59 Å². The lowest BCUT2D eigenvalue weighted by Crippen LogP contribution is -2.57. The molecule has 0 aromatic heterocycles. The summed E-state index contributed by atoms with van der Waals surface area (Å²) in [4.78, 5) is 26.8. The zero-order valence-corrected chi connectivity index (χ0v) is 22.1. The highest BCUT2D eigenvalue weighted by atomic mass is 35.5. The topological polar surface area (TPSA) is 91.9 Å². The van der Waals surface area contributed by atoms with Crippen molar-refractivity contribution in [2.24, 2.45) is 17.8 Å². The van der Waals surface area contributed by atoms with Crippen LogP contribution in [-0.2, 0) is 9.47 Å². The van der Waals surface area contributed by atoms with Crippen molar-refractivity contribution in [1.29, 1.82) is 0 Å². The largest absolute Gasteiger partial charge is 0.453 e. The highest BCUT2D eigenvalue weighted by Gasteiger charge is 2.36. The molecule has 1 aliphatic carbocycles. The number of urea groups is 1. The van der Waals surface area contributed by atoms with Crippen LogP contribution < -0.4 is 16.0 Å². The molecule has 36 heavy (non-hydrogen) atoms. The van der Waals surface area contributed by atoms with Crippen molar-refractivity contribution in [1.82, 2.24) is 20.9 Å². The number of likely N-dealkylation sites (tertiary alicyclic amines) is 1. The Balaban J connectivity index is 1.39. The lowest BCUT2D eigenvalue weighted by atomic mass is 9.80. The first-order valence-corrected chi connectivity index (χ1v) is 13.9. The molecule has 0 spiro atoms. The van der Waals surface area contributed by atoms with E-state index < -0.39 is 6.09 Å². The van der Waals surface area contributed by atoms with Gasteiger partial charge >= 0.3 is 12.1 Å². The summed E-state index contributed by atoms with van der Waals surface area (Å²) in [6, 6.07) is 7.95. The molecule has 0 radical (unpaired) electrons. The molecule has 1 aromatic carbocycles. The number of hydrogen-bond donors (Lipinski definition) is 3. The minimum Gasteiger partial charge on any atom is -0.453 e. The van der Waals surface area contributed by atoms with Gasteiger partial charge in [-0.1, -0.05) is 49.4 Å². The van der Waals surface area contributed by atoms with Crippen molar-refractivity contribution >= 4 is 23.7 Å². The number of benzene rings is 1. The van der Waals surface area contributed by atoms with E-state index in [1.54, 1.807) is 0 Å². The van der Waals surface area contributed by atoms with Crippen molar-refractivity contribution in [3.8, 4) is 0 Å². The Labute approximate surface area is 219 Å². The predicted molar refractivity (Wildman–Crippen MR) is 140 cm³/mol. The summed E-state index contributed by atoms with van der Waals surface area (Å²) in [7, 11) is 1.34. The van der Waals surface area contributed by atoms with Crippen LogP contribution in [0.5, 0.6) is 0 Å². The number of halogens is 1. The van der Waals surface area contributed by atoms with E-state index >= 15 is 0 Å². The van der Waals surface area contributed by atoms with Gasteiger partial charge in [0.1, 0.15) is 0 Å². The summed E-state index contributed by atoms with van der Waals surface area (Å²) < 4.78 is 10.9. The Hall–Kier alpha value is -2.03. The molecule has 200 valence electrons. The van der Waals surface area contributed by atoms with Gasteiger partial charge in [-0.3, -0.25) is 0 Å². The van der Waals surface area contributed by atoms with E-state index in [1.165, 1.54) is 32.8 Å². The maximum atomic E-state index is 13.4. The van der Waals surface area contributed by atoms with Gasteiger partial charge in [0.15, 0.2) is 0 Å². The van der Waals surface area contributed by atoms with Gasteiger partial charge in [-0.2, -0.15) is 0 Å². The van der Waals surface area contributed by atoms with E-state index in [0.717, 1.165) is 50.4 Å². The fourth-order valence-corrected chi connectivity index (χ4v) is 6.48. The SMILES string of the molecule is COC(=O)NCCO[C@@H](c1cccc(Cl)c1)C1CCCN(C(=O)N[C@H]2CNCC[C@@H]2C2CCCC2)C1. The third kappa shape index (κ3) is 7.26. The molecule has 3 N–H and O–H groups in total. The van der Waals surface area contributed by atoms with E-state index in [1.807, 2.05) is 29.2 Å². The number of rotatable bonds is 8. The Morgan fingerprint density at radius 2 is 2.03 bits per heavy atom. The van der Waals surface area contributed by atoms with Crippen LogP contribution in [0.2, 0.25) is 5.02 Å². The minimum absolute atomic E-state index is 0.0357. The molecule has 1 aromatic rings. The fourth-order valence-electron chi connectivity index (χ4n) is 6.28. The molecule has 2 aliphatic heterocycles. The summed E-state index contributed by atoms with van der Waals surface area (Å²) >= 11 is 6.30. The molecule has 9 heteroatoms. The summed E-state index contributed by atoms with van der Waals surface area (Å²) in [6.45, 7) is 3.96. The molecule has 3 aliphatic rings. The number of hydrogen-bond acceptors (Lipinski definition) is 5. The fraction of sp³-hybridized carbons (Fsp3) is 0.704. The molecule has 4 rings (SSSR count). The van der Waals surface area contributed by atoms with Crippen LogP contribution in [0.4, 0.5) is 9.59 Å². The zero-order chi connectivity index (χ0) is 25.3. The molecule has 1 saturated carbocycles. The molecule has 8 nitrogen and oxygen atoms in total. The molecule has 3 amide bonds. The van der Waals surface area contributed by atoms with Crippen molar-refractivity contribution in [3.63, 3.8) is 0 Å². The Morgan fingerprint density at radius 3 is 2.81 bits per heavy atom. The van der Waals surface area contributed by atoms with E-state index in [4.69, 9.17) is 16.3 Å². The third-order valence-corrected chi connectivity index (χ3v) is 8.29. The monoisotopic (exact) mass is 520 g/mol. The van der Waals surface area contributed by atoms with E-state index in [-0.39, 0.29) is 24.1 Å². The van der Waals surface area contributed by atoms with Gasteiger partial charge in [-0.05, 0) is 55.3 Å². The average molecular weight is 521 g/mol. The van der Waals surface area contributed by atoms with Gasteiger partial charge in [0.05, 0.1) is 19.8 Å². The summed E-state index contributed by atoms with van der Waals surface area (Å²) in [5, 5.41) is 10.2. The normalized spacial score (nSPS) is 25.8. The van der Waals surface area contributed by atoms with Crippen LogP contribution in [0.25, 0.3) is 0 Å². The van der Waals surface area contributed by atoms with Crippen LogP contribution in [0.1, 0.15) is 56.6 Å². The summed E-state index contributed by atoms with van der Waals surface area (Å²) in [5.41, 5.74) is 0.991. The standard InChI is InChI=1S/C27H41ClN4O4/c1-35-27(34)30-13-15-36-25(20-8-4-10-22(28)16-20)21-9-5-14-32(18-21)26(33)31-24-17-29-12-11-23(24)19-6-2-3-7-19/h4,8,10,16,19,21,23-25,29H,2-3,5-7,9,11-15,17-18H2,1H3,(H,30,34)(H,31,33)/t21?,23-,24+,25+/m1/s1. The third-order valence-electron chi connectivity index (χ3n) is 8.05. The van der Waals surface area contributed by atoms with Crippen molar-refractivity contribution in [3.05, 3.63) is 34.9 Å². The van der Waals surface area contributed by atoms with Gasteiger partial charge in [-0.15, -0.1) is 0 Å². The van der Waals surface area contributed by atoms with Crippen LogP contribution in [0.15, 0.2) is 24.3 Å². The average Bonchev–Trinajstić information content (AvgIpc) is 3.44. The second-order valence-corrected chi connectivity index (χ2v) is 10.8. The minimum atomic E-state index is -0.480. The van der Waals surface area contributed by atoms with Crippen LogP contribution in [0.3, 0.4) is 0 Å². The predicted octanol–water partition coefficient (Wildman–Crippen LogP) is 4.34. The van der Waals surface area contributed by atoms with Crippen molar-refractivity contribution in [2.75, 3.05) is 46.4 Å². The number of carbonyl (C=O) groups is 2. The smallest absolute Gasteiger partial charge is 0.406 e. The number of ether oxygens (including phenoxy) is 2. The number of carbonyl (C=O) groups excluding carboxylic acids is 2. The highest BCUT2D eigenvalue weighted by molar-refractivity contribution is 6.30. The van der Waals surface area contributed by atoms with Gasteiger partial charge < -0.3 is 30.3 Å². The molecule has 2 saturated heterocycles. The van der Waals surface area contributed by atoms with E-state index in [2.05, 4.69) is 20.7 Å². The molecule has 3 fully saturated rings. The van der Waals surface area contributed by atoms with Gasteiger partial charge in [0.25, 0.3) is 0 Å². The maximum Gasteiger partial charge on any atom is 0.406 e. The van der Waals surface area contributed by atoms with Crippen molar-refractivity contribution < 1.29 is 19.1 Å². The Bertz CT molecular complexity index is 866. The van der Waals surface area contributed by atoms with Crippen LogP contribution >= 0.6 is 11.6 Å². The van der Waals surface area contributed by atoms with Crippen LogP contribution in [-0.4, -0.2) is 69.5 Å². The molecule has 1 unspecified atom stereocenters. The molecule has 4 atom stereocenters. The number of nitrogens with zero attached hydrogens (tertiary/aromatic N) is 1. The number of piperidine rings is 2. The summed E-state index contributed by atoms with van der Waals surface area (Å²) in [5.74, 6) is 1.45. The number of amides is 3. The second kappa shape index (κ2) is 13.5. The second-order valence-electron chi connectivity index (χ2n) is 10.4. The van der Waals surface area contributed by atoms with E-state index in [9.17, 15) is 9.59 Å². The number of alkyl carbamates (subject to hydrolysis) is 1. The first-order chi connectivity index (χ1) is 17.5. The number of nitrogens with one attached hydrogen (secondary N) is 3. The van der Waals surface area contributed by atoms with E-state index in [0.29, 0.717) is 30.6 Å². The van der Waals surface area contributed by atoms with Gasteiger partial charge in [0, 0.05) is 43.2 Å². The first kappa shape index (κ1) is 27.0. The summed E-state index contributed by atoms with van der Waals surface area (Å²) in [6.07, 6.45) is 7.57. The van der Waals surface area contributed by atoms with Gasteiger partial charge in [0.2, 0.25) is 0 Å². The maximum absolute atomic E-state index is 13.4.